The Morgan fingerprint density at radius 1 is 0.750 bits per heavy atom. The predicted molar refractivity (Wildman–Crippen MR) is 181 cm³/mol. The topological polar surface area (TPSA) is 130 Å². The maximum Gasteiger partial charge on any atom is 0.305 e. The standard InChI is InChI=1S/C34H66N6O4/c1-4-5-6-7-8-15-20-30-44-33(43)23-17-12-10-14-19-27-40(26-18-13-9-11-16-22-32(41)42)28-21-24-36-34(38-31-35)37-25-29-39(2)3/h4-30H2,1-3H3,(H,41,42)(H2,36,37,38). The summed E-state index contributed by atoms with van der Waals surface area (Å²) in [5, 5.41) is 23.7. The Morgan fingerprint density at radius 3 is 1.89 bits per heavy atom. The molecule has 0 aromatic carbocycles. The molecule has 256 valence electrons. The Balaban J connectivity index is 4.25. The Labute approximate surface area is 269 Å². The van der Waals surface area contributed by atoms with Gasteiger partial charge in [0, 0.05) is 32.5 Å². The van der Waals surface area contributed by atoms with Gasteiger partial charge in [-0.15, -0.1) is 0 Å². The fourth-order valence-electron chi connectivity index (χ4n) is 5.01. The van der Waals surface area contributed by atoms with E-state index in [1.54, 1.807) is 0 Å². The molecule has 0 spiro atoms. The first-order valence-corrected chi connectivity index (χ1v) is 17.6. The van der Waals surface area contributed by atoms with E-state index in [9.17, 15) is 9.59 Å². The summed E-state index contributed by atoms with van der Waals surface area (Å²) < 4.78 is 5.40. The number of nitrogens with zero attached hydrogens (tertiary/aromatic N) is 4. The number of aliphatic carboxylic acids is 1. The van der Waals surface area contributed by atoms with Crippen molar-refractivity contribution in [2.45, 2.75) is 135 Å². The molecule has 44 heavy (non-hydrogen) atoms. The number of carbonyl (C=O) groups is 2. The van der Waals surface area contributed by atoms with Crippen molar-refractivity contribution in [3.05, 3.63) is 0 Å². The van der Waals surface area contributed by atoms with Crippen LogP contribution in [0.3, 0.4) is 0 Å². The average Bonchev–Trinajstić information content (AvgIpc) is 2.98. The Hall–Kier alpha value is -2.38. The second-order valence-electron chi connectivity index (χ2n) is 12.2. The first-order chi connectivity index (χ1) is 21.4. The zero-order valence-electron chi connectivity index (χ0n) is 28.6. The number of hydrogen-bond donors (Lipinski definition) is 3. The molecule has 0 saturated carbocycles. The monoisotopic (exact) mass is 623 g/mol. The van der Waals surface area contributed by atoms with Gasteiger partial charge >= 0.3 is 11.9 Å². The normalized spacial score (nSPS) is 11.6. The smallest absolute Gasteiger partial charge is 0.305 e. The van der Waals surface area contributed by atoms with Crippen LogP contribution in [0.15, 0.2) is 4.99 Å². The third-order valence-corrected chi connectivity index (χ3v) is 7.66. The number of nitriles is 1. The highest BCUT2D eigenvalue weighted by Crippen LogP contribution is 2.11. The van der Waals surface area contributed by atoms with Crippen molar-refractivity contribution in [1.29, 1.82) is 5.26 Å². The van der Waals surface area contributed by atoms with Crippen molar-refractivity contribution in [3.8, 4) is 6.19 Å². The fraction of sp³-hybridized carbons (Fsp3) is 0.882. The molecule has 3 N–H and O–H groups in total. The predicted octanol–water partition coefficient (Wildman–Crippen LogP) is 6.32. The minimum atomic E-state index is -0.710. The van der Waals surface area contributed by atoms with Crippen LogP contribution in [0, 0.1) is 11.5 Å². The second-order valence-corrected chi connectivity index (χ2v) is 12.2. The van der Waals surface area contributed by atoms with E-state index < -0.39 is 5.97 Å². The zero-order chi connectivity index (χ0) is 32.5. The molecule has 0 aliphatic carbocycles. The molecule has 0 aliphatic heterocycles. The first kappa shape index (κ1) is 41.6. The molecule has 10 heteroatoms. The summed E-state index contributed by atoms with van der Waals surface area (Å²) in [4.78, 5) is 31.9. The highest BCUT2D eigenvalue weighted by molar-refractivity contribution is 5.81. The van der Waals surface area contributed by atoms with E-state index in [1.165, 1.54) is 32.1 Å². The van der Waals surface area contributed by atoms with E-state index in [0.717, 1.165) is 116 Å². The number of guanidine groups is 1. The third-order valence-electron chi connectivity index (χ3n) is 7.66. The number of likely N-dealkylation sites (N-methyl/N-ethyl adjacent to an activating group) is 1. The van der Waals surface area contributed by atoms with E-state index in [4.69, 9.17) is 15.1 Å². The molecule has 10 nitrogen and oxygen atoms in total. The van der Waals surface area contributed by atoms with Gasteiger partial charge in [0.05, 0.1) is 6.61 Å². The number of carbonyl (C=O) groups excluding carboxylic acids is 1. The van der Waals surface area contributed by atoms with Crippen molar-refractivity contribution < 1.29 is 19.4 Å². The molecular weight excluding hydrogens is 556 g/mol. The van der Waals surface area contributed by atoms with Crippen molar-refractivity contribution in [3.63, 3.8) is 0 Å². The molecule has 0 aromatic rings. The van der Waals surface area contributed by atoms with E-state index in [0.29, 0.717) is 25.5 Å². The fourth-order valence-corrected chi connectivity index (χ4v) is 5.01. The summed E-state index contributed by atoms with van der Waals surface area (Å²) in [7, 11) is 4.02. The molecule has 0 aliphatic rings. The van der Waals surface area contributed by atoms with E-state index in [-0.39, 0.29) is 12.4 Å². The van der Waals surface area contributed by atoms with E-state index in [1.807, 2.05) is 20.3 Å². The molecule has 0 saturated heterocycles. The maximum atomic E-state index is 12.0. The van der Waals surface area contributed by atoms with Crippen LogP contribution in [0.1, 0.15) is 135 Å². The molecule has 0 atom stereocenters. The minimum Gasteiger partial charge on any atom is -0.481 e. The van der Waals surface area contributed by atoms with Crippen molar-refractivity contribution in [1.82, 2.24) is 20.4 Å². The third kappa shape index (κ3) is 31.1. The Bertz CT molecular complexity index is 757. The van der Waals surface area contributed by atoms with Crippen LogP contribution >= 0.6 is 0 Å². The summed E-state index contributed by atoms with van der Waals surface area (Å²) >= 11 is 0. The van der Waals surface area contributed by atoms with Crippen LogP contribution in [-0.4, -0.2) is 92.8 Å². The molecule has 0 aromatic heterocycles. The van der Waals surface area contributed by atoms with Crippen LogP contribution in [0.5, 0.6) is 0 Å². The number of aliphatic imine (C=N–C) groups is 1. The van der Waals surface area contributed by atoms with E-state index in [2.05, 4.69) is 32.3 Å². The first-order valence-electron chi connectivity index (χ1n) is 17.6. The van der Waals surface area contributed by atoms with Crippen molar-refractivity contribution >= 4 is 17.9 Å². The van der Waals surface area contributed by atoms with Gasteiger partial charge in [-0.05, 0) is 72.3 Å². The molecule has 0 radical (unpaired) electrons. The lowest BCUT2D eigenvalue weighted by Crippen LogP contribution is -2.38. The molecule has 0 fully saturated rings. The lowest BCUT2D eigenvalue weighted by Gasteiger charge is -2.22. The lowest BCUT2D eigenvalue weighted by atomic mass is 10.1. The van der Waals surface area contributed by atoms with Gasteiger partial charge in [0.25, 0.3) is 0 Å². The largest absolute Gasteiger partial charge is 0.481 e. The highest BCUT2D eigenvalue weighted by atomic mass is 16.5. The molecular formula is C34H66N6O4. The summed E-state index contributed by atoms with van der Waals surface area (Å²) in [6.45, 7) is 8.09. The summed E-state index contributed by atoms with van der Waals surface area (Å²) in [5.74, 6) is -0.226. The number of rotatable bonds is 31. The zero-order valence-corrected chi connectivity index (χ0v) is 28.6. The van der Waals surface area contributed by atoms with Crippen LogP contribution < -0.4 is 10.6 Å². The number of unbranched alkanes of at least 4 members (excludes halogenated alkanes) is 14. The molecule has 0 unspecified atom stereocenters. The van der Waals surface area contributed by atoms with Gasteiger partial charge in [0.2, 0.25) is 5.96 Å². The van der Waals surface area contributed by atoms with Gasteiger partial charge in [-0.3, -0.25) is 19.9 Å². The molecule has 0 heterocycles. The number of nitrogens with one attached hydrogen (secondary N) is 2. The molecule has 0 amide bonds. The second kappa shape index (κ2) is 32.0. The number of esters is 1. The van der Waals surface area contributed by atoms with Crippen LogP contribution in [0.2, 0.25) is 0 Å². The van der Waals surface area contributed by atoms with Crippen LogP contribution in [0.4, 0.5) is 0 Å². The quantitative estimate of drug-likeness (QED) is 0.0203. The summed E-state index contributed by atoms with van der Waals surface area (Å²) in [5.41, 5.74) is 0. The summed E-state index contributed by atoms with van der Waals surface area (Å²) in [6.07, 6.45) is 22.7. The van der Waals surface area contributed by atoms with Crippen LogP contribution in [-0.2, 0) is 14.3 Å². The minimum absolute atomic E-state index is 0.0474. The number of carboxylic acid groups (broad SMARTS) is 1. The van der Waals surface area contributed by atoms with Crippen molar-refractivity contribution in [2.75, 3.05) is 60.0 Å². The van der Waals surface area contributed by atoms with Gasteiger partial charge in [-0.25, -0.2) is 0 Å². The Kier molecular flexibility index (Phi) is 30.3. The highest BCUT2D eigenvalue weighted by Gasteiger charge is 2.07. The van der Waals surface area contributed by atoms with Crippen molar-refractivity contribution in [2.24, 2.45) is 4.99 Å². The van der Waals surface area contributed by atoms with Gasteiger partial charge in [-0.2, -0.15) is 5.26 Å². The molecule has 0 rings (SSSR count). The maximum absolute atomic E-state index is 12.0. The molecule has 0 bridgehead atoms. The SMILES string of the molecule is CCCCCCCCCOC(=O)CCCCCCCN(CCCCCCCC(=O)O)CCCN=C(NC#N)NCCN(C)C. The van der Waals surface area contributed by atoms with Gasteiger partial charge in [0.1, 0.15) is 0 Å². The van der Waals surface area contributed by atoms with E-state index >= 15 is 0 Å². The average molecular weight is 623 g/mol. The number of ether oxygens (including phenoxy) is 1. The Morgan fingerprint density at radius 2 is 1.30 bits per heavy atom. The van der Waals surface area contributed by atoms with Crippen LogP contribution in [0.25, 0.3) is 0 Å². The number of carboxylic acids is 1. The van der Waals surface area contributed by atoms with Gasteiger partial charge in [-0.1, -0.05) is 84.0 Å². The summed E-state index contributed by atoms with van der Waals surface area (Å²) in [6, 6.07) is 0. The van der Waals surface area contributed by atoms with Gasteiger partial charge < -0.3 is 25.0 Å². The number of hydrogen-bond acceptors (Lipinski definition) is 7. The van der Waals surface area contributed by atoms with Gasteiger partial charge in [0.15, 0.2) is 6.19 Å². The lowest BCUT2D eigenvalue weighted by molar-refractivity contribution is -0.144.